The highest BCUT2D eigenvalue weighted by Gasteiger charge is 2.18. The van der Waals surface area contributed by atoms with Crippen LogP contribution in [0.1, 0.15) is 0 Å². The van der Waals surface area contributed by atoms with Gasteiger partial charge in [0.2, 0.25) is 11.6 Å². The number of hydrogen-bond acceptors (Lipinski definition) is 5. The third-order valence-corrected chi connectivity index (χ3v) is 2.92. The number of nitro benzene ring substituents is 1. The summed E-state index contributed by atoms with van der Waals surface area (Å²) in [6.45, 7) is 0. The van der Waals surface area contributed by atoms with Crippen molar-refractivity contribution in [1.82, 2.24) is 9.97 Å². The summed E-state index contributed by atoms with van der Waals surface area (Å²) < 4.78 is 5.74. The van der Waals surface area contributed by atoms with E-state index in [9.17, 15) is 14.9 Å². The lowest BCUT2D eigenvalue weighted by atomic mass is 10.3. The molecule has 98 valence electrons. The zero-order chi connectivity index (χ0) is 14.0. The Morgan fingerprint density at radius 2 is 2.21 bits per heavy atom. The number of nitro groups is 1. The fourth-order valence-corrected chi connectivity index (χ4v) is 1.75. The van der Waals surface area contributed by atoms with Crippen molar-refractivity contribution in [3.05, 3.63) is 54.5 Å². The van der Waals surface area contributed by atoms with Crippen molar-refractivity contribution in [2.24, 2.45) is 0 Å². The quantitative estimate of drug-likeness (QED) is 0.680. The maximum Gasteiger partial charge on any atom is 0.312 e. The highest BCUT2D eigenvalue weighted by molar-refractivity contribution is 9.10. The second-order valence-corrected chi connectivity index (χ2v) is 4.62. The summed E-state index contributed by atoms with van der Waals surface area (Å²) in [5.41, 5.74) is -0.862. The van der Waals surface area contributed by atoms with Crippen LogP contribution >= 0.6 is 27.5 Å². The normalized spacial score (nSPS) is 10.2. The molecule has 2 rings (SSSR count). The van der Waals surface area contributed by atoms with Crippen LogP contribution in [0.15, 0.2) is 33.8 Å². The van der Waals surface area contributed by atoms with Crippen molar-refractivity contribution in [3.63, 3.8) is 0 Å². The van der Waals surface area contributed by atoms with E-state index in [1.807, 2.05) is 0 Å². The molecular weight excluding hydrogens is 341 g/mol. The Morgan fingerprint density at radius 3 is 2.89 bits per heavy atom. The van der Waals surface area contributed by atoms with E-state index in [1.165, 1.54) is 12.1 Å². The topological polar surface area (TPSA) is 98.1 Å². The molecule has 0 saturated heterocycles. The van der Waals surface area contributed by atoms with Crippen LogP contribution in [0.25, 0.3) is 0 Å². The van der Waals surface area contributed by atoms with Crippen molar-refractivity contribution in [1.29, 1.82) is 0 Å². The second-order valence-electron chi connectivity index (χ2n) is 3.32. The molecule has 0 bridgehead atoms. The van der Waals surface area contributed by atoms with Crippen LogP contribution in [0.4, 0.5) is 5.69 Å². The molecule has 7 nitrogen and oxygen atoms in total. The van der Waals surface area contributed by atoms with Crippen LogP contribution in [-0.2, 0) is 0 Å². The Hall–Kier alpha value is -1.93. The summed E-state index contributed by atoms with van der Waals surface area (Å²) in [7, 11) is 0. The zero-order valence-corrected chi connectivity index (χ0v) is 11.4. The third kappa shape index (κ3) is 2.91. The number of hydrogen-bond donors (Lipinski definition) is 1. The first-order valence-corrected chi connectivity index (χ1v) is 6.01. The van der Waals surface area contributed by atoms with Gasteiger partial charge in [-0.3, -0.25) is 14.9 Å². The summed E-state index contributed by atoms with van der Waals surface area (Å²) in [5.74, 6) is -0.260. The van der Waals surface area contributed by atoms with E-state index >= 15 is 0 Å². The largest absolute Gasteiger partial charge is 0.430 e. The third-order valence-electron chi connectivity index (χ3n) is 2.09. The molecular formula is C10H5BrClN3O4. The molecule has 0 radical (unpaired) electrons. The van der Waals surface area contributed by atoms with E-state index in [1.54, 1.807) is 6.07 Å². The van der Waals surface area contributed by atoms with E-state index < -0.39 is 10.5 Å². The van der Waals surface area contributed by atoms with Gasteiger partial charge < -0.3 is 9.72 Å². The Labute approximate surface area is 119 Å². The van der Waals surface area contributed by atoms with Crippen LogP contribution < -0.4 is 10.3 Å². The first-order chi connectivity index (χ1) is 8.99. The number of halogens is 2. The van der Waals surface area contributed by atoms with Crippen LogP contribution in [0.3, 0.4) is 0 Å². The Kier molecular flexibility index (Phi) is 3.82. The maximum absolute atomic E-state index is 11.3. The predicted octanol–water partition coefficient (Wildman–Crippen LogP) is 2.89. The van der Waals surface area contributed by atoms with Crippen LogP contribution in [-0.4, -0.2) is 14.9 Å². The number of rotatable bonds is 3. The molecule has 0 aliphatic heterocycles. The number of benzene rings is 1. The molecule has 2 aromatic rings. The molecule has 0 aliphatic rings. The van der Waals surface area contributed by atoms with Gasteiger partial charge >= 0.3 is 5.69 Å². The highest BCUT2D eigenvalue weighted by atomic mass is 79.9. The molecule has 0 atom stereocenters. The van der Waals surface area contributed by atoms with Crippen LogP contribution in [0, 0.1) is 10.1 Å². The van der Waals surface area contributed by atoms with Gasteiger partial charge in [-0.15, -0.1) is 0 Å². The first-order valence-electron chi connectivity index (χ1n) is 4.84. The van der Waals surface area contributed by atoms with Gasteiger partial charge in [0.15, 0.2) is 5.02 Å². The fourth-order valence-electron chi connectivity index (χ4n) is 1.26. The van der Waals surface area contributed by atoms with Crippen molar-refractivity contribution in [2.75, 3.05) is 0 Å². The molecule has 9 heteroatoms. The molecule has 0 saturated carbocycles. The van der Waals surface area contributed by atoms with Gasteiger partial charge in [-0.25, -0.2) is 4.98 Å². The number of nitrogens with zero attached hydrogens (tertiary/aromatic N) is 2. The Balaban J connectivity index is 2.46. The number of ether oxygens (including phenoxy) is 1. The summed E-state index contributed by atoms with van der Waals surface area (Å²) in [4.78, 5) is 27.5. The molecule has 1 aromatic heterocycles. The van der Waals surface area contributed by atoms with Crippen molar-refractivity contribution < 1.29 is 9.66 Å². The SMILES string of the molecule is O=c1[nH]cnc(Oc2ccc(Br)cc2[N+](=O)[O-])c1Cl. The van der Waals surface area contributed by atoms with Gasteiger partial charge in [0.25, 0.3) is 5.56 Å². The fraction of sp³-hybridized carbons (Fsp3) is 0. The minimum Gasteiger partial charge on any atom is -0.430 e. The molecule has 0 spiro atoms. The average Bonchev–Trinajstić information content (AvgIpc) is 2.36. The summed E-state index contributed by atoms with van der Waals surface area (Å²) >= 11 is 8.82. The molecule has 1 N–H and O–H groups in total. The lowest BCUT2D eigenvalue weighted by Gasteiger charge is -2.06. The van der Waals surface area contributed by atoms with Gasteiger partial charge in [-0.2, -0.15) is 0 Å². The van der Waals surface area contributed by atoms with Crippen molar-refractivity contribution in [2.45, 2.75) is 0 Å². The second kappa shape index (κ2) is 5.37. The van der Waals surface area contributed by atoms with Gasteiger partial charge in [0.1, 0.15) is 0 Å². The van der Waals surface area contributed by atoms with Gasteiger partial charge in [0.05, 0.1) is 11.3 Å². The van der Waals surface area contributed by atoms with E-state index in [2.05, 4.69) is 25.9 Å². The Morgan fingerprint density at radius 1 is 1.47 bits per heavy atom. The number of H-pyrrole nitrogens is 1. The molecule has 1 aromatic carbocycles. The Bertz CT molecular complexity index is 703. The standard InChI is InChI=1S/C10H5BrClN3O4/c11-5-1-2-7(6(3-5)15(17)18)19-10-8(12)9(16)13-4-14-10/h1-4H,(H,13,14,16). The van der Waals surface area contributed by atoms with E-state index in [4.69, 9.17) is 16.3 Å². The van der Waals surface area contributed by atoms with Gasteiger partial charge in [-0.05, 0) is 12.1 Å². The number of aromatic nitrogens is 2. The number of nitrogens with one attached hydrogen (secondary N) is 1. The molecule has 0 aliphatic carbocycles. The average molecular weight is 347 g/mol. The van der Waals surface area contributed by atoms with Gasteiger partial charge in [-0.1, -0.05) is 27.5 Å². The minimum atomic E-state index is -0.610. The highest BCUT2D eigenvalue weighted by Crippen LogP contribution is 2.34. The van der Waals surface area contributed by atoms with Crippen molar-refractivity contribution in [3.8, 4) is 11.6 Å². The summed E-state index contributed by atoms with van der Waals surface area (Å²) in [6, 6.07) is 4.21. The van der Waals surface area contributed by atoms with E-state index in [-0.39, 0.29) is 22.3 Å². The van der Waals surface area contributed by atoms with E-state index in [0.717, 1.165) is 6.33 Å². The minimum absolute atomic E-state index is 0.0619. The zero-order valence-electron chi connectivity index (χ0n) is 9.09. The first kappa shape index (κ1) is 13.5. The molecule has 19 heavy (non-hydrogen) atoms. The molecule has 0 unspecified atom stereocenters. The summed E-state index contributed by atoms with van der Waals surface area (Å²) in [6.07, 6.45) is 1.09. The van der Waals surface area contributed by atoms with E-state index in [0.29, 0.717) is 4.47 Å². The predicted molar refractivity (Wildman–Crippen MR) is 70.7 cm³/mol. The van der Waals surface area contributed by atoms with Crippen molar-refractivity contribution >= 4 is 33.2 Å². The molecule has 0 amide bonds. The molecule has 1 heterocycles. The smallest absolute Gasteiger partial charge is 0.312 e. The summed E-state index contributed by atoms with van der Waals surface area (Å²) in [5, 5.41) is 10.6. The number of aromatic amines is 1. The van der Waals surface area contributed by atoms with Crippen LogP contribution in [0.2, 0.25) is 5.02 Å². The van der Waals surface area contributed by atoms with Gasteiger partial charge in [0, 0.05) is 10.5 Å². The maximum atomic E-state index is 11.3. The molecule has 0 fully saturated rings. The monoisotopic (exact) mass is 345 g/mol. The lowest BCUT2D eigenvalue weighted by Crippen LogP contribution is -2.08. The lowest BCUT2D eigenvalue weighted by molar-refractivity contribution is -0.385. The van der Waals surface area contributed by atoms with Crippen LogP contribution in [0.5, 0.6) is 11.6 Å².